The lowest BCUT2D eigenvalue weighted by molar-refractivity contribution is -0.123. The molecule has 0 aromatic heterocycles. The Balaban J connectivity index is 2.59. The second-order valence-electron chi connectivity index (χ2n) is 3.92. The van der Waals surface area contributed by atoms with E-state index in [0.717, 1.165) is 5.56 Å². The number of benzene rings is 1. The van der Waals surface area contributed by atoms with E-state index in [1.54, 1.807) is 24.3 Å². The molecule has 0 saturated heterocycles. The van der Waals surface area contributed by atoms with Gasteiger partial charge in [0.25, 0.3) is 0 Å². The van der Waals surface area contributed by atoms with Gasteiger partial charge in [-0.25, -0.2) is 0 Å². The highest BCUT2D eigenvalue weighted by molar-refractivity contribution is 5.86. The van der Waals surface area contributed by atoms with Crippen LogP contribution in [0.4, 0.5) is 0 Å². The van der Waals surface area contributed by atoms with Gasteiger partial charge in [0.2, 0.25) is 5.91 Å². The number of nitriles is 2. The Hall–Kier alpha value is -2.79. The summed E-state index contributed by atoms with van der Waals surface area (Å²) in [7, 11) is 0. The minimum atomic E-state index is -0.936. The quantitative estimate of drug-likeness (QED) is 0.752. The summed E-state index contributed by atoms with van der Waals surface area (Å²) >= 11 is 0. The van der Waals surface area contributed by atoms with Crippen molar-refractivity contribution in [2.24, 2.45) is 11.7 Å². The van der Waals surface area contributed by atoms with Crippen LogP contribution in [0.25, 0.3) is 0 Å². The van der Waals surface area contributed by atoms with Crippen LogP contribution < -0.4 is 11.1 Å². The van der Waals surface area contributed by atoms with Crippen molar-refractivity contribution in [1.29, 1.82) is 10.5 Å². The van der Waals surface area contributed by atoms with Crippen molar-refractivity contribution in [1.82, 2.24) is 5.32 Å². The van der Waals surface area contributed by atoms with Crippen LogP contribution in [-0.2, 0) is 4.79 Å². The third kappa shape index (κ3) is 1.79. The van der Waals surface area contributed by atoms with Gasteiger partial charge < -0.3 is 11.1 Å². The lowest BCUT2D eigenvalue weighted by atomic mass is 9.79. The van der Waals surface area contributed by atoms with E-state index in [1.807, 2.05) is 18.2 Å². The largest absolute Gasteiger partial charge is 0.384 e. The van der Waals surface area contributed by atoms with E-state index in [1.165, 1.54) is 0 Å². The number of allylic oxidation sites excluding steroid dienone is 1. The molecule has 0 spiro atoms. The van der Waals surface area contributed by atoms with Gasteiger partial charge >= 0.3 is 0 Å². The molecule has 1 amide bonds. The van der Waals surface area contributed by atoms with Gasteiger partial charge in [0.1, 0.15) is 11.7 Å². The minimum Gasteiger partial charge on any atom is -0.384 e. The van der Waals surface area contributed by atoms with Crippen LogP contribution in [0.1, 0.15) is 11.5 Å². The maximum Gasteiger partial charge on any atom is 0.243 e. The molecule has 3 N–H and O–H groups in total. The average Bonchev–Trinajstić information content (AvgIpc) is 2.39. The first-order valence-corrected chi connectivity index (χ1v) is 5.34. The number of rotatable bonds is 1. The molecule has 18 heavy (non-hydrogen) atoms. The predicted molar refractivity (Wildman–Crippen MR) is 63.3 cm³/mol. The van der Waals surface area contributed by atoms with Gasteiger partial charge in [0.05, 0.1) is 17.7 Å². The van der Waals surface area contributed by atoms with E-state index >= 15 is 0 Å². The molecule has 2 rings (SSSR count). The number of nitrogens with zero attached hydrogens (tertiary/aromatic N) is 2. The van der Waals surface area contributed by atoms with E-state index in [0.29, 0.717) is 0 Å². The fraction of sp³-hybridized carbons (Fsp3) is 0.154. The molecule has 1 aromatic carbocycles. The van der Waals surface area contributed by atoms with Gasteiger partial charge in [-0.15, -0.1) is 0 Å². The fourth-order valence-electron chi connectivity index (χ4n) is 2.05. The first-order chi connectivity index (χ1) is 8.69. The first kappa shape index (κ1) is 11.7. The fourth-order valence-corrected chi connectivity index (χ4v) is 2.05. The van der Waals surface area contributed by atoms with E-state index in [4.69, 9.17) is 16.3 Å². The Morgan fingerprint density at radius 2 is 1.89 bits per heavy atom. The molecule has 1 aromatic rings. The van der Waals surface area contributed by atoms with Crippen LogP contribution in [0.3, 0.4) is 0 Å². The molecular weight excluding hydrogens is 228 g/mol. The highest BCUT2D eigenvalue weighted by Crippen LogP contribution is 2.34. The number of nitrogens with two attached hydrogens (primary N) is 1. The van der Waals surface area contributed by atoms with Crippen LogP contribution in [-0.4, -0.2) is 5.91 Å². The SMILES string of the molecule is N#CC1=C(N)NC(=O)C(C#N)C1c1ccccc1. The molecule has 0 saturated carbocycles. The monoisotopic (exact) mass is 238 g/mol. The van der Waals surface area contributed by atoms with Crippen molar-refractivity contribution < 1.29 is 4.79 Å². The lowest BCUT2D eigenvalue weighted by Crippen LogP contribution is -2.42. The predicted octanol–water partition coefficient (Wildman–Crippen LogP) is 0.734. The van der Waals surface area contributed by atoms with Crippen molar-refractivity contribution in [2.45, 2.75) is 5.92 Å². The minimum absolute atomic E-state index is 0.0304. The Morgan fingerprint density at radius 3 is 2.44 bits per heavy atom. The Bertz CT molecular complexity index is 592. The molecular formula is C13H10N4O. The number of carbonyl (C=O) groups excluding carboxylic acids is 1. The van der Waals surface area contributed by atoms with Crippen molar-refractivity contribution in [2.75, 3.05) is 0 Å². The van der Waals surface area contributed by atoms with E-state index < -0.39 is 17.7 Å². The van der Waals surface area contributed by atoms with Crippen molar-refractivity contribution in [3.8, 4) is 12.1 Å². The second-order valence-corrected chi connectivity index (χ2v) is 3.92. The number of hydrogen-bond donors (Lipinski definition) is 2. The third-order valence-electron chi connectivity index (χ3n) is 2.89. The van der Waals surface area contributed by atoms with Gasteiger partial charge in [-0.05, 0) is 5.56 Å². The molecule has 0 aliphatic carbocycles. The highest BCUT2D eigenvalue weighted by Gasteiger charge is 2.38. The summed E-state index contributed by atoms with van der Waals surface area (Å²) in [5.74, 6) is -1.98. The van der Waals surface area contributed by atoms with Gasteiger partial charge in [-0.2, -0.15) is 10.5 Å². The lowest BCUT2D eigenvalue weighted by Gasteiger charge is -2.27. The molecule has 1 aliphatic rings. The third-order valence-corrected chi connectivity index (χ3v) is 2.89. The smallest absolute Gasteiger partial charge is 0.243 e. The standard InChI is InChI=1S/C13H10N4O/c14-6-9-11(8-4-2-1-3-5-8)10(7-15)13(18)17-12(9)16/h1-5,10-11H,16H2,(H,17,18). The maximum absolute atomic E-state index is 11.7. The molecule has 88 valence electrons. The molecule has 2 unspecified atom stereocenters. The zero-order valence-electron chi connectivity index (χ0n) is 9.42. The van der Waals surface area contributed by atoms with E-state index in [-0.39, 0.29) is 11.4 Å². The molecule has 0 radical (unpaired) electrons. The summed E-state index contributed by atoms with van der Waals surface area (Å²) in [5.41, 5.74) is 6.60. The molecule has 5 heteroatoms. The summed E-state index contributed by atoms with van der Waals surface area (Å²) in [6.07, 6.45) is 0. The van der Waals surface area contributed by atoms with Crippen molar-refractivity contribution in [3.05, 3.63) is 47.3 Å². The number of hydrogen-bond acceptors (Lipinski definition) is 4. The molecule has 0 bridgehead atoms. The normalized spacial score (nSPS) is 22.9. The van der Waals surface area contributed by atoms with Crippen LogP contribution >= 0.6 is 0 Å². The molecule has 1 heterocycles. The number of carbonyl (C=O) groups is 1. The van der Waals surface area contributed by atoms with Crippen LogP contribution in [0, 0.1) is 28.6 Å². The summed E-state index contributed by atoms with van der Waals surface area (Å²) in [6.45, 7) is 0. The van der Waals surface area contributed by atoms with Crippen LogP contribution in [0.5, 0.6) is 0 Å². The van der Waals surface area contributed by atoms with Gasteiger partial charge in [0, 0.05) is 5.92 Å². The molecule has 2 atom stereocenters. The summed E-state index contributed by atoms with van der Waals surface area (Å²) in [5, 5.41) is 20.6. The van der Waals surface area contributed by atoms with Crippen LogP contribution in [0.2, 0.25) is 0 Å². The second kappa shape index (κ2) is 4.60. The molecule has 0 fully saturated rings. The van der Waals surface area contributed by atoms with E-state index in [2.05, 4.69) is 5.32 Å². The van der Waals surface area contributed by atoms with Gasteiger partial charge in [-0.3, -0.25) is 4.79 Å². The van der Waals surface area contributed by atoms with E-state index in [9.17, 15) is 4.79 Å². The zero-order valence-corrected chi connectivity index (χ0v) is 9.42. The molecule has 5 nitrogen and oxygen atoms in total. The maximum atomic E-state index is 11.7. The highest BCUT2D eigenvalue weighted by atomic mass is 16.2. The Labute approximate surface area is 104 Å². The number of amides is 1. The summed E-state index contributed by atoms with van der Waals surface area (Å²) in [4.78, 5) is 11.7. The molecule has 1 aliphatic heterocycles. The Morgan fingerprint density at radius 1 is 1.22 bits per heavy atom. The Kier molecular flexibility index (Phi) is 2.99. The first-order valence-electron chi connectivity index (χ1n) is 5.34. The topological polar surface area (TPSA) is 103 Å². The average molecular weight is 238 g/mol. The summed E-state index contributed by atoms with van der Waals surface area (Å²) < 4.78 is 0. The van der Waals surface area contributed by atoms with Crippen LogP contribution in [0.15, 0.2) is 41.7 Å². The van der Waals surface area contributed by atoms with Crippen molar-refractivity contribution in [3.63, 3.8) is 0 Å². The summed E-state index contributed by atoms with van der Waals surface area (Å²) in [6, 6.07) is 12.9. The number of nitrogens with one attached hydrogen (secondary N) is 1. The van der Waals surface area contributed by atoms with Crippen molar-refractivity contribution >= 4 is 5.91 Å². The van der Waals surface area contributed by atoms with Gasteiger partial charge in [0.15, 0.2) is 0 Å². The zero-order chi connectivity index (χ0) is 13.1. The van der Waals surface area contributed by atoms with Gasteiger partial charge in [-0.1, -0.05) is 30.3 Å².